The van der Waals surface area contributed by atoms with E-state index in [-0.39, 0.29) is 17.5 Å². The van der Waals surface area contributed by atoms with Crippen LogP contribution in [-0.2, 0) is 11.3 Å². The Labute approximate surface area is 202 Å². The van der Waals surface area contributed by atoms with E-state index in [9.17, 15) is 14.0 Å². The molecule has 0 radical (unpaired) electrons. The summed E-state index contributed by atoms with van der Waals surface area (Å²) in [5, 5.41) is 9.87. The van der Waals surface area contributed by atoms with Gasteiger partial charge in [0.05, 0.1) is 6.54 Å². The molecule has 2 aromatic carbocycles. The van der Waals surface area contributed by atoms with Gasteiger partial charge in [-0.3, -0.25) is 19.9 Å². The highest BCUT2D eigenvalue weighted by Gasteiger charge is 2.32. The number of hydrogen-bond donors (Lipinski definition) is 2. The third-order valence-electron chi connectivity index (χ3n) is 5.39. The van der Waals surface area contributed by atoms with Gasteiger partial charge >= 0.3 is 0 Å². The number of nitrogens with one attached hydrogen (secondary N) is 2. The number of rotatable bonds is 7. The van der Waals surface area contributed by atoms with Crippen molar-refractivity contribution in [3.05, 3.63) is 95.6 Å². The molecule has 4 aromatic rings. The zero-order valence-electron chi connectivity index (χ0n) is 19.6. The molecule has 0 saturated carbocycles. The molecular weight excluding hydrogens is 447 g/mol. The maximum absolute atomic E-state index is 13.5. The molecule has 0 aliphatic heterocycles. The fourth-order valence-corrected chi connectivity index (χ4v) is 3.46. The third kappa shape index (κ3) is 5.57. The van der Waals surface area contributed by atoms with Gasteiger partial charge < -0.3 is 5.32 Å². The maximum Gasteiger partial charge on any atom is 0.270 e. The van der Waals surface area contributed by atoms with E-state index in [1.165, 1.54) is 18.3 Å². The van der Waals surface area contributed by atoms with Gasteiger partial charge in [-0.15, -0.1) is 5.10 Å². The van der Waals surface area contributed by atoms with Crippen molar-refractivity contribution in [1.82, 2.24) is 25.1 Å². The Morgan fingerprint density at radius 2 is 1.71 bits per heavy atom. The number of carbonyl (C=O) groups is 2. The van der Waals surface area contributed by atoms with Gasteiger partial charge in [-0.05, 0) is 62.2 Å². The Kier molecular flexibility index (Phi) is 6.68. The largest absolute Gasteiger partial charge is 0.337 e. The lowest BCUT2D eigenvalue weighted by Gasteiger charge is -2.24. The van der Waals surface area contributed by atoms with Crippen molar-refractivity contribution < 1.29 is 14.0 Å². The van der Waals surface area contributed by atoms with E-state index < -0.39 is 17.4 Å². The molecule has 2 heterocycles. The first-order chi connectivity index (χ1) is 16.7. The van der Waals surface area contributed by atoms with Gasteiger partial charge in [0.1, 0.15) is 17.1 Å². The third-order valence-corrected chi connectivity index (χ3v) is 5.39. The SMILES string of the molecule is Cc1cccnc1C(=O)NC(C)(C)C(=O)Nc1nc(-c2ccc(F)cc2)n(Cc2ccccc2)n1. The summed E-state index contributed by atoms with van der Waals surface area (Å²) >= 11 is 0. The van der Waals surface area contributed by atoms with Crippen LogP contribution in [0.4, 0.5) is 10.3 Å². The zero-order valence-corrected chi connectivity index (χ0v) is 19.6. The number of anilines is 1. The van der Waals surface area contributed by atoms with Crippen LogP contribution in [0.25, 0.3) is 11.4 Å². The summed E-state index contributed by atoms with van der Waals surface area (Å²) in [6.07, 6.45) is 1.52. The fraction of sp³-hybridized carbons (Fsp3) is 0.192. The highest BCUT2D eigenvalue weighted by atomic mass is 19.1. The Hall–Kier alpha value is -4.40. The van der Waals surface area contributed by atoms with Crippen LogP contribution in [0.5, 0.6) is 0 Å². The van der Waals surface area contributed by atoms with Crippen molar-refractivity contribution in [2.24, 2.45) is 0 Å². The van der Waals surface area contributed by atoms with Gasteiger partial charge in [0.15, 0.2) is 5.82 Å². The van der Waals surface area contributed by atoms with E-state index in [0.717, 1.165) is 5.56 Å². The van der Waals surface area contributed by atoms with Crippen LogP contribution >= 0.6 is 0 Å². The van der Waals surface area contributed by atoms with Crippen LogP contribution in [0.2, 0.25) is 0 Å². The minimum Gasteiger partial charge on any atom is -0.337 e. The van der Waals surface area contributed by atoms with E-state index >= 15 is 0 Å². The number of amides is 2. The smallest absolute Gasteiger partial charge is 0.270 e. The van der Waals surface area contributed by atoms with E-state index in [1.54, 1.807) is 49.7 Å². The van der Waals surface area contributed by atoms with Crippen LogP contribution in [0.3, 0.4) is 0 Å². The molecule has 0 fully saturated rings. The molecule has 2 amide bonds. The summed E-state index contributed by atoms with van der Waals surface area (Å²) in [5.74, 6) is -0.784. The number of aryl methyl sites for hydroxylation is 1. The summed E-state index contributed by atoms with van der Waals surface area (Å²) in [6, 6.07) is 19.1. The number of carbonyl (C=O) groups excluding carboxylic acids is 2. The predicted octanol–water partition coefficient (Wildman–Crippen LogP) is 3.98. The normalized spacial score (nSPS) is 11.2. The molecule has 8 nitrogen and oxygen atoms in total. The van der Waals surface area contributed by atoms with Crippen molar-refractivity contribution >= 4 is 17.8 Å². The average Bonchev–Trinajstić information content (AvgIpc) is 3.22. The number of halogens is 1. The molecule has 0 atom stereocenters. The summed E-state index contributed by atoms with van der Waals surface area (Å²) in [4.78, 5) is 34.3. The number of pyridine rings is 1. The highest BCUT2D eigenvalue weighted by molar-refractivity contribution is 6.02. The van der Waals surface area contributed by atoms with E-state index in [1.807, 2.05) is 30.3 Å². The van der Waals surface area contributed by atoms with Gasteiger partial charge in [0, 0.05) is 11.8 Å². The van der Waals surface area contributed by atoms with Crippen molar-refractivity contribution in [2.45, 2.75) is 32.9 Å². The van der Waals surface area contributed by atoms with E-state index in [0.29, 0.717) is 23.5 Å². The predicted molar refractivity (Wildman–Crippen MR) is 130 cm³/mol. The zero-order chi connectivity index (χ0) is 25.0. The Bertz CT molecular complexity index is 1350. The second-order valence-electron chi connectivity index (χ2n) is 8.61. The number of benzene rings is 2. The van der Waals surface area contributed by atoms with Gasteiger partial charge in [-0.2, -0.15) is 4.98 Å². The Morgan fingerprint density at radius 1 is 1.00 bits per heavy atom. The van der Waals surface area contributed by atoms with Crippen molar-refractivity contribution in [3.8, 4) is 11.4 Å². The maximum atomic E-state index is 13.5. The molecule has 0 aliphatic rings. The van der Waals surface area contributed by atoms with Crippen LogP contribution in [0.15, 0.2) is 72.9 Å². The first-order valence-electron chi connectivity index (χ1n) is 11.0. The van der Waals surface area contributed by atoms with Crippen LogP contribution in [0, 0.1) is 12.7 Å². The second kappa shape index (κ2) is 9.84. The van der Waals surface area contributed by atoms with E-state index in [2.05, 4.69) is 25.7 Å². The monoisotopic (exact) mass is 472 g/mol. The van der Waals surface area contributed by atoms with Gasteiger partial charge in [-0.25, -0.2) is 9.07 Å². The van der Waals surface area contributed by atoms with Crippen LogP contribution < -0.4 is 10.6 Å². The Morgan fingerprint density at radius 3 is 2.40 bits per heavy atom. The van der Waals surface area contributed by atoms with Gasteiger partial charge in [0.2, 0.25) is 5.95 Å². The summed E-state index contributed by atoms with van der Waals surface area (Å²) in [6.45, 7) is 5.34. The molecule has 4 rings (SSSR count). The highest BCUT2D eigenvalue weighted by Crippen LogP contribution is 2.21. The molecule has 2 aromatic heterocycles. The molecule has 0 saturated heterocycles. The Balaban J connectivity index is 1.57. The summed E-state index contributed by atoms with van der Waals surface area (Å²) in [5.41, 5.74) is 1.30. The minimum absolute atomic E-state index is 0.0709. The molecule has 2 N–H and O–H groups in total. The van der Waals surface area contributed by atoms with E-state index in [4.69, 9.17) is 0 Å². The average molecular weight is 473 g/mol. The molecule has 9 heteroatoms. The molecule has 0 aliphatic carbocycles. The lowest BCUT2D eigenvalue weighted by atomic mass is 10.0. The molecular formula is C26H25FN6O2. The first-order valence-corrected chi connectivity index (χ1v) is 11.0. The standard InChI is InChI=1S/C26H25FN6O2/c1-17-8-7-15-28-21(17)23(34)31-26(2,3)24(35)30-25-29-22(19-11-13-20(27)14-12-19)33(32-25)16-18-9-5-4-6-10-18/h4-15H,16H2,1-3H3,(H,31,34)(H,30,32,35). The van der Waals surface area contributed by atoms with Gasteiger partial charge in [-0.1, -0.05) is 36.4 Å². The summed E-state index contributed by atoms with van der Waals surface area (Å²) in [7, 11) is 0. The number of hydrogen-bond acceptors (Lipinski definition) is 5. The molecule has 0 spiro atoms. The van der Waals surface area contributed by atoms with Crippen molar-refractivity contribution in [2.75, 3.05) is 5.32 Å². The quantitative estimate of drug-likeness (QED) is 0.424. The molecule has 0 bridgehead atoms. The first kappa shape index (κ1) is 23.7. The topological polar surface area (TPSA) is 102 Å². The molecule has 0 unspecified atom stereocenters. The van der Waals surface area contributed by atoms with Gasteiger partial charge in [0.25, 0.3) is 11.8 Å². The van der Waals surface area contributed by atoms with Crippen LogP contribution in [0.1, 0.15) is 35.5 Å². The second-order valence-corrected chi connectivity index (χ2v) is 8.61. The summed E-state index contributed by atoms with van der Waals surface area (Å²) < 4.78 is 15.1. The molecule has 35 heavy (non-hydrogen) atoms. The fourth-order valence-electron chi connectivity index (χ4n) is 3.46. The minimum atomic E-state index is -1.28. The lowest BCUT2D eigenvalue weighted by molar-refractivity contribution is -0.121. The lowest BCUT2D eigenvalue weighted by Crippen LogP contribution is -2.52. The van der Waals surface area contributed by atoms with Crippen LogP contribution in [-0.4, -0.2) is 37.1 Å². The van der Waals surface area contributed by atoms with Crippen molar-refractivity contribution in [3.63, 3.8) is 0 Å². The number of aromatic nitrogens is 4. The molecule has 178 valence electrons. The van der Waals surface area contributed by atoms with Crippen molar-refractivity contribution in [1.29, 1.82) is 0 Å². The number of nitrogens with zero attached hydrogens (tertiary/aromatic N) is 4.